The summed E-state index contributed by atoms with van der Waals surface area (Å²) in [5.41, 5.74) is 11.8. The summed E-state index contributed by atoms with van der Waals surface area (Å²) in [6.07, 6.45) is 1.75. The highest BCUT2D eigenvalue weighted by Gasteiger charge is 2.07. The van der Waals surface area contributed by atoms with Gasteiger partial charge in [0.2, 0.25) is 0 Å². The Kier molecular flexibility index (Phi) is 2.65. The summed E-state index contributed by atoms with van der Waals surface area (Å²) in [5, 5.41) is 0. The number of rotatable bonds is 1. The molecule has 2 nitrogen and oxygen atoms in total. The number of nitrogens with two attached hydrogens (primary N) is 1. The zero-order valence-electron chi connectivity index (χ0n) is 9.91. The van der Waals surface area contributed by atoms with Crippen LogP contribution in [0.25, 0.3) is 11.1 Å². The van der Waals surface area contributed by atoms with Crippen molar-refractivity contribution in [2.45, 2.75) is 20.8 Å². The van der Waals surface area contributed by atoms with E-state index in [-0.39, 0.29) is 0 Å². The van der Waals surface area contributed by atoms with E-state index in [1.165, 1.54) is 11.1 Å². The predicted octanol–water partition coefficient (Wildman–Crippen LogP) is 3.26. The van der Waals surface area contributed by atoms with E-state index in [4.69, 9.17) is 5.73 Å². The minimum Gasteiger partial charge on any atom is -0.383 e. The van der Waals surface area contributed by atoms with Crippen molar-refractivity contribution in [3.8, 4) is 11.1 Å². The quantitative estimate of drug-likeness (QED) is 0.788. The van der Waals surface area contributed by atoms with Gasteiger partial charge >= 0.3 is 0 Å². The van der Waals surface area contributed by atoms with Gasteiger partial charge in [0.1, 0.15) is 5.82 Å². The van der Waals surface area contributed by atoms with E-state index >= 15 is 0 Å². The Morgan fingerprint density at radius 2 is 1.62 bits per heavy atom. The Balaban J connectivity index is 2.67. The van der Waals surface area contributed by atoms with Crippen molar-refractivity contribution < 1.29 is 0 Å². The highest BCUT2D eigenvalue weighted by molar-refractivity contribution is 5.77. The second-order valence-corrected chi connectivity index (χ2v) is 4.26. The molecule has 1 aromatic carbocycles. The maximum absolute atomic E-state index is 5.94. The normalized spacial score (nSPS) is 10.4. The summed E-state index contributed by atoms with van der Waals surface area (Å²) in [7, 11) is 0. The third-order valence-corrected chi connectivity index (χ3v) is 2.70. The summed E-state index contributed by atoms with van der Waals surface area (Å²) in [4.78, 5) is 4.15. The van der Waals surface area contributed by atoms with Gasteiger partial charge in [-0.1, -0.05) is 29.3 Å². The van der Waals surface area contributed by atoms with Crippen LogP contribution in [0.5, 0.6) is 0 Å². The van der Waals surface area contributed by atoms with Crippen LogP contribution in [0.4, 0.5) is 5.82 Å². The number of hydrogen-bond acceptors (Lipinski definition) is 2. The average molecular weight is 212 g/mol. The van der Waals surface area contributed by atoms with Crippen LogP contribution < -0.4 is 5.73 Å². The fraction of sp³-hybridized carbons (Fsp3) is 0.214. The molecule has 2 N–H and O–H groups in total. The monoisotopic (exact) mass is 212 g/mol. The van der Waals surface area contributed by atoms with Crippen LogP contribution in [0.2, 0.25) is 0 Å². The molecule has 0 aliphatic carbocycles. The molecular weight excluding hydrogens is 196 g/mol. The number of aryl methyl sites for hydroxylation is 3. The molecule has 0 atom stereocenters. The van der Waals surface area contributed by atoms with E-state index in [1.54, 1.807) is 6.20 Å². The molecule has 0 saturated heterocycles. The maximum Gasteiger partial charge on any atom is 0.131 e. The molecule has 2 aromatic rings. The van der Waals surface area contributed by atoms with Gasteiger partial charge in [-0.3, -0.25) is 0 Å². The van der Waals surface area contributed by atoms with Crippen LogP contribution in [0.15, 0.2) is 30.5 Å². The standard InChI is InChI=1S/C14H16N2/c1-9-6-10(2)8-12(7-9)13-11(3)4-5-16-14(13)15/h4-8H,1-3H3,(H2,15,16). The van der Waals surface area contributed by atoms with Crippen LogP contribution in [0.3, 0.4) is 0 Å². The van der Waals surface area contributed by atoms with Crippen LogP contribution in [-0.2, 0) is 0 Å². The van der Waals surface area contributed by atoms with Crippen molar-refractivity contribution >= 4 is 5.82 Å². The van der Waals surface area contributed by atoms with Crippen LogP contribution in [0.1, 0.15) is 16.7 Å². The molecule has 16 heavy (non-hydrogen) atoms. The molecule has 0 aliphatic rings. The fourth-order valence-corrected chi connectivity index (χ4v) is 2.07. The molecule has 1 aromatic heterocycles. The number of aromatic nitrogens is 1. The molecule has 0 aliphatic heterocycles. The molecule has 0 saturated carbocycles. The minimum atomic E-state index is 0.602. The molecule has 0 unspecified atom stereocenters. The Morgan fingerprint density at radius 1 is 1.00 bits per heavy atom. The van der Waals surface area contributed by atoms with E-state index in [1.807, 2.05) is 6.07 Å². The lowest BCUT2D eigenvalue weighted by atomic mass is 9.98. The maximum atomic E-state index is 5.94. The summed E-state index contributed by atoms with van der Waals surface area (Å²) in [5.74, 6) is 0.602. The van der Waals surface area contributed by atoms with Gasteiger partial charge in [-0.2, -0.15) is 0 Å². The van der Waals surface area contributed by atoms with Gasteiger partial charge in [-0.15, -0.1) is 0 Å². The third kappa shape index (κ3) is 1.91. The Hall–Kier alpha value is -1.83. The molecule has 2 rings (SSSR count). The number of nitrogen functional groups attached to an aromatic ring is 1. The van der Waals surface area contributed by atoms with Gasteiger partial charge in [-0.05, 0) is 38.0 Å². The van der Waals surface area contributed by atoms with Crippen molar-refractivity contribution in [3.63, 3.8) is 0 Å². The fourth-order valence-electron chi connectivity index (χ4n) is 2.07. The van der Waals surface area contributed by atoms with Gasteiger partial charge in [0.05, 0.1) is 0 Å². The molecule has 0 amide bonds. The van der Waals surface area contributed by atoms with Crippen molar-refractivity contribution in [2.24, 2.45) is 0 Å². The molecule has 0 spiro atoms. The number of anilines is 1. The SMILES string of the molecule is Cc1cc(C)cc(-c2c(C)ccnc2N)c1. The van der Waals surface area contributed by atoms with E-state index in [0.29, 0.717) is 5.82 Å². The first-order valence-electron chi connectivity index (χ1n) is 5.37. The highest BCUT2D eigenvalue weighted by Crippen LogP contribution is 2.29. The first kappa shape index (κ1) is 10.7. The largest absolute Gasteiger partial charge is 0.383 e. The third-order valence-electron chi connectivity index (χ3n) is 2.70. The van der Waals surface area contributed by atoms with E-state index in [0.717, 1.165) is 16.7 Å². The van der Waals surface area contributed by atoms with Gasteiger partial charge in [0.15, 0.2) is 0 Å². The molecular formula is C14H16N2. The van der Waals surface area contributed by atoms with Gasteiger partial charge in [-0.25, -0.2) is 4.98 Å². The van der Waals surface area contributed by atoms with E-state index in [9.17, 15) is 0 Å². The molecule has 2 heteroatoms. The summed E-state index contributed by atoms with van der Waals surface area (Å²) in [6, 6.07) is 8.44. The number of hydrogen-bond donors (Lipinski definition) is 1. The minimum absolute atomic E-state index is 0.602. The Bertz CT molecular complexity index is 490. The van der Waals surface area contributed by atoms with Crippen LogP contribution in [0, 0.1) is 20.8 Å². The summed E-state index contributed by atoms with van der Waals surface area (Å²) in [6.45, 7) is 6.25. The Labute approximate surface area is 96.1 Å². The van der Waals surface area contributed by atoms with Crippen molar-refractivity contribution in [2.75, 3.05) is 5.73 Å². The van der Waals surface area contributed by atoms with E-state index in [2.05, 4.69) is 44.0 Å². The summed E-state index contributed by atoms with van der Waals surface area (Å²) >= 11 is 0. The van der Waals surface area contributed by atoms with Crippen LogP contribution >= 0.6 is 0 Å². The van der Waals surface area contributed by atoms with Crippen LogP contribution in [-0.4, -0.2) is 4.98 Å². The lowest BCUT2D eigenvalue weighted by molar-refractivity contribution is 1.29. The number of nitrogens with zero attached hydrogens (tertiary/aromatic N) is 1. The smallest absolute Gasteiger partial charge is 0.131 e. The lowest BCUT2D eigenvalue weighted by Gasteiger charge is -2.10. The summed E-state index contributed by atoms with van der Waals surface area (Å²) < 4.78 is 0. The highest BCUT2D eigenvalue weighted by atomic mass is 14.8. The van der Waals surface area contributed by atoms with Gasteiger partial charge in [0.25, 0.3) is 0 Å². The second kappa shape index (κ2) is 3.97. The Morgan fingerprint density at radius 3 is 2.19 bits per heavy atom. The van der Waals surface area contributed by atoms with Gasteiger partial charge < -0.3 is 5.73 Å². The van der Waals surface area contributed by atoms with Crippen molar-refractivity contribution in [1.29, 1.82) is 0 Å². The first-order valence-corrected chi connectivity index (χ1v) is 5.37. The lowest BCUT2D eigenvalue weighted by Crippen LogP contribution is -1.96. The molecule has 0 radical (unpaired) electrons. The topological polar surface area (TPSA) is 38.9 Å². The first-order chi connectivity index (χ1) is 7.58. The zero-order chi connectivity index (χ0) is 11.7. The average Bonchev–Trinajstić information content (AvgIpc) is 2.15. The molecule has 0 fully saturated rings. The van der Waals surface area contributed by atoms with Gasteiger partial charge in [0, 0.05) is 11.8 Å². The van der Waals surface area contributed by atoms with E-state index < -0.39 is 0 Å². The molecule has 82 valence electrons. The van der Waals surface area contributed by atoms with Crippen molar-refractivity contribution in [1.82, 2.24) is 4.98 Å². The predicted molar refractivity (Wildman–Crippen MR) is 68.3 cm³/mol. The molecule has 0 bridgehead atoms. The molecule has 1 heterocycles. The second-order valence-electron chi connectivity index (χ2n) is 4.26. The van der Waals surface area contributed by atoms with Crippen molar-refractivity contribution in [3.05, 3.63) is 47.2 Å². The number of benzene rings is 1. The zero-order valence-corrected chi connectivity index (χ0v) is 9.91. The number of pyridine rings is 1.